The largest absolute Gasteiger partial charge is 0.352 e. The van der Waals surface area contributed by atoms with Crippen LogP contribution in [0.5, 0.6) is 0 Å². The van der Waals surface area contributed by atoms with E-state index in [0.29, 0.717) is 36.7 Å². The number of piperidine rings is 1. The standard InChI is InChI=1S/C20H30N2O3S/c1-16-10-11-18(20(23)21-15-17-8-4-2-5-9-17)14-19(16)26(24,25)22-12-6-3-7-13-22/h10-11,14,17H,2-9,12-13,15H2,1H3,(H,21,23). The first-order chi connectivity index (χ1) is 12.5. The summed E-state index contributed by atoms with van der Waals surface area (Å²) >= 11 is 0. The molecule has 0 spiro atoms. The van der Waals surface area contributed by atoms with Crippen LogP contribution in [0, 0.1) is 12.8 Å². The second kappa shape index (κ2) is 8.53. The maximum Gasteiger partial charge on any atom is 0.251 e. The number of amides is 1. The molecule has 0 aromatic heterocycles. The molecule has 1 aromatic rings. The van der Waals surface area contributed by atoms with Crippen LogP contribution in [0.25, 0.3) is 0 Å². The third kappa shape index (κ3) is 4.46. The Hall–Kier alpha value is -1.40. The molecule has 1 saturated carbocycles. The summed E-state index contributed by atoms with van der Waals surface area (Å²) in [4.78, 5) is 12.8. The normalized spacial score (nSPS) is 20.0. The van der Waals surface area contributed by atoms with Gasteiger partial charge in [-0.2, -0.15) is 4.31 Å². The van der Waals surface area contributed by atoms with Crippen molar-refractivity contribution in [2.45, 2.75) is 63.2 Å². The Morgan fingerprint density at radius 1 is 1.08 bits per heavy atom. The van der Waals surface area contributed by atoms with E-state index in [4.69, 9.17) is 0 Å². The molecular weight excluding hydrogens is 348 g/mol. The van der Waals surface area contributed by atoms with Gasteiger partial charge in [0.05, 0.1) is 4.90 Å². The number of rotatable bonds is 5. The van der Waals surface area contributed by atoms with Gasteiger partial charge in [0.2, 0.25) is 10.0 Å². The molecule has 0 bridgehead atoms. The van der Waals surface area contributed by atoms with E-state index in [2.05, 4.69) is 5.32 Å². The summed E-state index contributed by atoms with van der Waals surface area (Å²) in [5.74, 6) is 0.375. The first-order valence-corrected chi connectivity index (χ1v) is 11.3. The molecule has 2 aliphatic rings. The lowest BCUT2D eigenvalue weighted by Crippen LogP contribution is -2.36. The number of nitrogens with one attached hydrogen (secondary N) is 1. The van der Waals surface area contributed by atoms with E-state index < -0.39 is 10.0 Å². The lowest BCUT2D eigenvalue weighted by molar-refractivity contribution is 0.0943. The van der Waals surface area contributed by atoms with Crippen molar-refractivity contribution in [3.8, 4) is 0 Å². The molecule has 6 heteroatoms. The number of benzene rings is 1. The van der Waals surface area contributed by atoms with Crippen molar-refractivity contribution in [3.63, 3.8) is 0 Å². The number of carbonyl (C=O) groups is 1. The van der Waals surface area contributed by atoms with Crippen LogP contribution >= 0.6 is 0 Å². The second-order valence-electron chi connectivity index (χ2n) is 7.66. The van der Waals surface area contributed by atoms with Crippen molar-refractivity contribution in [2.24, 2.45) is 5.92 Å². The monoisotopic (exact) mass is 378 g/mol. The summed E-state index contributed by atoms with van der Waals surface area (Å²) in [5.41, 5.74) is 1.13. The molecule has 0 radical (unpaired) electrons. The molecule has 1 N–H and O–H groups in total. The van der Waals surface area contributed by atoms with Gasteiger partial charge in [-0.15, -0.1) is 0 Å². The average molecular weight is 379 g/mol. The number of hydrogen-bond donors (Lipinski definition) is 1. The SMILES string of the molecule is Cc1ccc(C(=O)NCC2CCCCC2)cc1S(=O)(=O)N1CCCCC1. The van der Waals surface area contributed by atoms with Gasteiger partial charge in [0.1, 0.15) is 0 Å². The van der Waals surface area contributed by atoms with Crippen molar-refractivity contribution in [3.05, 3.63) is 29.3 Å². The van der Waals surface area contributed by atoms with Gasteiger partial charge in [-0.05, 0) is 56.2 Å². The molecule has 0 atom stereocenters. The number of hydrogen-bond acceptors (Lipinski definition) is 3. The van der Waals surface area contributed by atoms with Crippen LogP contribution in [-0.2, 0) is 10.0 Å². The van der Waals surface area contributed by atoms with Gasteiger partial charge in [-0.3, -0.25) is 4.79 Å². The Morgan fingerprint density at radius 2 is 1.73 bits per heavy atom. The fourth-order valence-corrected chi connectivity index (χ4v) is 5.76. The van der Waals surface area contributed by atoms with Gasteiger partial charge in [0.25, 0.3) is 5.91 Å². The predicted octanol–water partition coefficient (Wildman–Crippen LogP) is 3.48. The Morgan fingerprint density at radius 3 is 2.42 bits per heavy atom. The van der Waals surface area contributed by atoms with Crippen molar-refractivity contribution in [1.82, 2.24) is 9.62 Å². The van der Waals surface area contributed by atoms with E-state index in [-0.39, 0.29) is 10.8 Å². The highest BCUT2D eigenvalue weighted by Gasteiger charge is 2.28. The van der Waals surface area contributed by atoms with Gasteiger partial charge in [-0.25, -0.2) is 8.42 Å². The molecule has 5 nitrogen and oxygen atoms in total. The smallest absolute Gasteiger partial charge is 0.251 e. The number of aryl methyl sites for hydroxylation is 1. The van der Waals surface area contributed by atoms with Crippen LogP contribution in [-0.4, -0.2) is 38.3 Å². The summed E-state index contributed by atoms with van der Waals surface area (Å²) in [6.07, 6.45) is 8.99. The molecule has 2 fully saturated rings. The topological polar surface area (TPSA) is 66.5 Å². The fraction of sp³-hybridized carbons (Fsp3) is 0.650. The first kappa shape index (κ1) is 19.4. The van der Waals surface area contributed by atoms with Crippen molar-refractivity contribution in [1.29, 1.82) is 0 Å². The molecule has 1 aliphatic heterocycles. The third-order valence-electron chi connectivity index (χ3n) is 5.66. The lowest BCUT2D eigenvalue weighted by atomic mass is 9.89. The maximum atomic E-state index is 13.0. The van der Waals surface area contributed by atoms with Crippen LogP contribution in [0.4, 0.5) is 0 Å². The Labute approximate surface area is 157 Å². The van der Waals surface area contributed by atoms with Gasteiger partial charge in [-0.1, -0.05) is 31.7 Å². The molecular formula is C20H30N2O3S. The molecule has 1 amide bonds. The minimum atomic E-state index is -3.53. The average Bonchev–Trinajstić information content (AvgIpc) is 2.68. The molecule has 1 saturated heterocycles. The lowest BCUT2D eigenvalue weighted by Gasteiger charge is -2.26. The zero-order valence-electron chi connectivity index (χ0n) is 15.7. The fourth-order valence-electron chi connectivity index (χ4n) is 3.99. The zero-order valence-corrected chi connectivity index (χ0v) is 16.5. The third-order valence-corrected chi connectivity index (χ3v) is 7.70. The van der Waals surface area contributed by atoms with Crippen molar-refractivity contribution >= 4 is 15.9 Å². The maximum absolute atomic E-state index is 13.0. The Kier molecular flexibility index (Phi) is 6.35. The molecule has 1 aromatic carbocycles. The van der Waals surface area contributed by atoms with Crippen molar-refractivity contribution in [2.75, 3.05) is 19.6 Å². The summed E-state index contributed by atoms with van der Waals surface area (Å²) in [7, 11) is -3.53. The van der Waals surface area contributed by atoms with Crippen LogP contribution in [0.2, 0.25) is 0 Å². The molecule has 144 valence electrons. The molecule has 0 unspecified atom stereocenters. The highest BCUT2D eigenvalue weighted by Crippen LogP contribution is 2.25. The Bertz CT molecular complexity index is 733. The molecule has 1 aliphatic carbocycles. The number of sulfonamides is 1. The van der Waals surface area contributed by atoms with E-state index in [1.54, 1.807) is 29.4 Å². The first-order valence-electron chi connectivity index (χ1n) is 9.87. The van der Waals surface area contributed by atoms with Crippen LogP contribution in [0.15, 0.2) is 23.1 Å². The summed E-state index contributed by atoms with van der Waals surface area (Å²) in [5, 5.41) is 3.00. The summed E-state index contributed by atoms with van der Waals surface area (Å²) < 4.78 is 27.5. The minimum Gasteiger partial charge on any atom is -0.352 e. The van der Waals surface area contributed by atoms with Gasteiger partial charge < -0.3 is 5.32 Å². The number of carbonyl (C=O) groups excluding carboxylic acids is 1. The minimum absolute atomic E-state index is 0.175. The van der Waals surface area contributed by atoms with E-state index in [1.807, 2.05) is 0 Å². The highest BCUT2D eigenvalue weighted by atomic mass is 32.2. The van der Waals surface area contributed by atoms with Crippen LogP contribution < -0.4 is 5.32 Å². The molecule has 26 heavy (non-hydrogen) atoms. The number of nitrogens with zero attached hydrogens (tertiary/aromatic N) is 1. The molecule has 1 heterocycles. The quantitative estimate of drug-likeness (QED) is 0.853. The van der Waals surface area contributed by atoms with Crippen molar-refractivity contribution < 1.29 is 13.2 Å². The van der Waals surface area contributed by atoms with E-state index in [9.17, 15) is 13.2 Å². The Balaban J connectivity index is 1.73. The summed E-state index contributed by atoms with van der Waals surface area (Å²) in [6.45, 7) is 3.61. The zero-order chi connectivity index (χ0) is 18.6. The van der Waals surface area contributed by atoms with Gasteiger partial charge in [0, 0.05) is 25.2 Å². The van der Waals surface area contributed by atoms with Gasteiger partial charge in [0.15, 0.2) is 0 Å². The molecule has 3 rings (SSSR count). The highest BCUT2D eigenvalue weighted by molar-refractivity contribution is 7.89. The predicted molar refractivity (Wildman–Crippen MR) is 103 cm³/mol. The van der Waals surface area contributed by atoms with E-state index in [1.165, 1.54) is 32.1 Å². The van der Waals surface area contributed by atoms with Gasteiger partial charge >= 0.3 is 0 Å². The van der Waals surface area contributed by atoms with Crippen LogP contribution in [0.3, 0.4) is 0 Å². The van der Waals surface area contributed by atoms with Crippen LogP contribution in [0.1, 0.15) is 67.3 Å². The second-order valence-corrected chi connectivity index (χ2v) is 9.57. The summed E-state index contributed by atoms with van der Waals surface area (Å²) in [6, 6.07) is 5.02. The van der Waals surface area contributed by atoms with E-state index in [0.717, 1.165) is 19.3 Å². The van der Waals surface area contributed by atoms with E-state index >= 15 is 0 Å².